The average molecular weight is 288 g/mol. The number of aromatic nitrogens is 2. The van der Waals surface area contributed by atoms with E-state index in [0.717, 1.165) is 0 Å². The minimum absolute atomic E-state index is 0.0846. The first-order valence-corrected chi connectivity index (χ1v) is 7.54. The Balaban J connectivity index is 1.81. The minimum atomic E-state index is -3.39. The van der Waals surface area contributed by atoms with Gasteiger partial charge in [-0.3, -0.25) is 9.89 Å². The molecule has 1 aromatic rings. The van der Waals surface area contributed by atoms with Crippen LogP contribution in [0.1, 0.15) is 6.42 Å². The lowest BCUT2D eigenvalue weighted by Crippen LogP contribution is -2.42. The van der Waals surface area contributed by atoms with E-state index in [0.29, 0.717) is 32.1 Å². The minimum Gasteiger partial charge on any atom is -0.379 e. The molecule has 2 N–H and O–H groups in total. The van der Waals surface area contributed by atoms with Crippen LogP contribution in [0.5, 0.6) is 0 Å². The van der Waals surface area contributed by atoms with Crippen LogP contribution < -0.4 is 5.32 Å². The lowest BCUT2D eigenvalue weighted by atomic mass is 10.4. The molecule has 1 amide bonds. The Bertz CT molecular complexity index is 508. The molecule has 9 heteroatoms. The summed E-state index contributed by atoms with van der Waals surface area (Å²) in [5.74, 6) is -0.109. The number of rotatable bonds is 5. The molecule has 0 atom stereocenters. The van der Waals surface area contributed by atoms with Crippen LogP contribution in [-0.2, 0) is 19.6 Å². The molecule has 0 spiro atoms. The maximum atomic E-state index is 12.0. The first-order valence-electron chi connectivity index (χ1n) is 5.93. The van der Waals surface area contributed by atoms with Gasteiger partial charge in [0.05, 0.1) is 25.2 Å². The summed E-state index contributed by atoms with van der Waals surface area (Å²) < 4.78 is 30.4. The van der Waals surface area contributed by atoms with Gasteiger partial charge in [-0.05, 0) is 0 Å². The summed E-state index contributed by atoms with van der Waals surface area (Å²) in [5, 5.41) is 8.78. The van der Waals surface area contributed by atoms with Crippen molar-refractivity contribution in [3.8, 4) is 0 Å². The zero-order valence-electron chi connectivity index (χ0n) is 10.3. The Morgan fingerprint density at radius 3 is 2.84 bits per heavy atom. The molecule has 106 valence electrons. The topological polar surface area (TPSA) is 104 Å². The molecule has 0 aromatic carbocycles. The van der Waals surface area contributed by atoms with Crippen LogP contribution in [0, 0.1) is 0 Å². The first kappa shape index (κ1) is 14.0. The van der Waals surface area contributed by atoms with Crippen molar-refractivity contribution < 1.29 is 17.9 Å². The van der Waals surface area contributed by atoms with Gasteiger partial charge in [-0.1, -0.05) is 0 Å². The maximum Gasteiger partial charge on any atom is 0.226 e. The SMILES string of the molecule is O=C(CCS(=O)(=O)N1CCOCC1)Nc1ccn[nH]1. The second-order valence-electron chi connectivity index (χ2n) is 4.10. The lowest BCUT2D eigenvalue weighted by molar-refractivity contribution is -0.115. The van der Waals surface area contributed by atoms with Gasteiger partial charge >= 0.3 is 0 Å². The fourth-order valence-electron chi connectivity index (χ4n) is 1.71. The van der Waals surface area contributed by atoms with E-state index in [1.165, 1.54) is 10.5 Å². The van der Waals surface area contributed by atoms with Crippen molar-refractivity contribution in [3.05, 3.63) is 12.3 Å². The van der Waals surface area contributed by atoms with E-state index < -0.39 is 10.0 Å². The molecule has 0 unspecified atom stereocenters. The maximum absolute atomic E-state index is 12.0. The summed E-state index contributed by atoms with van der Waals surface area (Å²) in [6.07, 6.45) is 1.42. The predicted molar refractivity (Wildman–Crippen MR) is 68.0 cm³/mol. The van der Waals surface area contributed by atoms with Crippen LogP contribution in [0.3, 0.4) is 0 Å². The van der Waals surface area contributed by atoms with E-state index >= 15 is 0 Å². The molecule has 1 saturated heterocycles. The van der Waals surface area contributed by atoms with E-state index in [1.54, 1.807) is 6.07 Å². The van der Waals surface area contributed by atoms with Crippen LogP contribution in [0.4, 0.5) is 5.82 Å². The van der Waals surface area contributed by atoms with Gasteiger partial charge in [0.2, 0.25) is 15.9 Å². The third-order valence-corrected chi connectivity index (χ3v) is 4.60. The fraction of sp³-hybridized carbons (Fsp3) is 0.600. The van der Waals surface area contributed by atoms with Crippen LogP contribution >= 0.6 is 0 Å². The summed E-state index contributed by atoms with van der Waals surface area (Å²) in [6.45, 7) is 1.51. The number of morpholine rings is 1. The molecule has 0 saturated carbocycles. The molecule has 0 aliphatic carbocycles. The van der Waals surface area contributed by atoms with Gasteiger partial charge in [-0.2, -0.15) is 9.40 Å². The average Bonchev–Trinajstić information content (AvgIpc) is 2.90. The number of sulfonamides is 1. The molecule has 0 bridgehead atoms. The smallest absolute Gasteiger partial charge is 0.226 e. The first-order chi connectivity index (χ1) is 9.08. The van der Waals surface area contributed by atoms with Crippen LogP contribution in [0.2, 0.25) is 0 Å². The number of nitrogens with one attached hydrogen (secondary N) is 2. The molecular formula is C10H16N4O4S. The number of carbonyl (C=O) groups is 1. The Hall–Kier alpha value is -1.45. The molecule has 1 aliphatic rings. The van der Waals surface area contributed by atoms with Gasteiger partial charge in [0.15, 0.2) is 0 Å². The van der Waals surface area contributed by atoms with Crippen molar-refractivity contribution in [1.29, 1.82) is 0 Å². The summed E-state index contributed by atoms with van der Waals surface area (Å²) in [5.41, 5.74) is 0. The zero-order valence-corrected chi connectivity index (χ0v) is 11.1. The van der Waals surface area contributed by atoms with E-state index in [9.17, 15) is 13.2 Å². The van der Waals surface area contributed by atoms with E-state index in [2.05, 4.69) is 15.5 Å². The number of ether oxygens (including phenoxy) is 1. The Morgan fingerprint density at radius 2 is 2.21 bits per heavy atom. The molecule has 19 heavy (non-hydrogen) atoms. The van der Waals surface area contributed by atoms with Gasteiger partial charge in [-0.25, -0.2) is 8.42 Å². The van der Waals surface area contributed by atoms with Crippen LogP contribution in [0.25, 0.3) is 0 Å². The number of aromatic amines is 1. The van der Waals surface area contributed by atoms with Crippen molar-refractivity contribution in [2.45, 2.75) is 6.42 Å². The van der Waals surface area contributed by atoms with Gasteiger partial charge < -0.3 is 10.1 Å². The number of hydrogen-bond acceptors (Lipinski definition) is 5. The van der Waals surface area contributed by atoms with Gasteiger partial charge in [0.25, 0.3) is 0 Å². The summed E-state index contributed by atoms with van der Waals surface area (Å²) in [7, 11) is -3.39. The standard InChI is InChI=1S/C10H16N4O4S/c15-10(12-9-1-3-11-13-9)2-8-19(16,17)14-4-6-18-7-5-14/h1,3H,2,4-8H2,(H2,11,12,13,15). The Morgan fingerprint density at radius 1 is 1.47 bits per heavy atom. The number of anilines is 1. The fourth-order valence-corrected chi connectivity index (χ4v) is 3.12. The molecule has 2 rings (SSSR count). The second kappa shape index (κ2) is 6.13. The number of hydrogen-bond donors (Lipinski definition) is 2. The summed E-state index contributed by atoms with van der Waals surface area (Å²) in [4.78, 5) is 11.6. The molecule has 1 aromatic heterocycles. The lowest BCUT2D eigenvalue weighted by Gasteiger charge is -2.25. The molecule has 1 fully saturated rings. The molecule has 2 heterocycles. The Kier molecular flexibility index (Phi) is 4.51. The van der Waals surface area contributed by atoms with Crippen molar-refractivity contribution in [2.24, 2.45) is 0 Å². The molecule has 8 nitrogen and oxygen atoms in total. The monoisotopic (exact) mass is 288 g/mol. The number of amides is 1. The highest BCUT2D eigenvalue weighted by Crippen LogP contribution is 2.08. The highest BCUT2D eigenvalue weighted by atomic mass is 32.2. The normalized spacial score (nSPS) is 17.3. The number of nitrogens with zero attached hydrogens (tertiary/aromatic N) is 2. The molecule has 1 aliphatic heterocycles. The number of H-pyrrole nitrogens is 1. The third kappa shape index (κ3) is 4.01. The molecule has 0 radical (unpaired) electrons. The number of carbonyl (C=O) groups excluding carboxylic acids is 1. The second-order valence-corrected chi connectivity index (χ2v) is 6.18. The summed E-state index contributed by atoms with van der Waals surface area (Å²) in [6, 6.07) is 1.59. The highest BCUT2D eigenvalue weighted by molar-refractivity contribution is 7.89. The van der Waals surface area contributed by atoms with Crippen molar-refractivity contribution >= 4 is 21.7 Å². The van der Waals surface area contributed by atoms with Gasteiger partial charge in [0.1, 0.15) is 5.82 Å². The van der Waals surface area contributed by atoms with Crippen molar-refractivity contribution in [1.82, 2.24) is 14.5 Å². The van der Waals surface area contributed by atoms with Crippen molar-refractivity contribution in [2.75, 3.05) is 37.4 Å². The van der Waals surface area contributed by atoms with Crippen LogP contribution in [0.15, 0.2) is 12.3 Å². The van der Waals surface area contributed by atoms with E-state index in [1.807, 2.05) is 0 Å². The third-order valence-electron chi connectivity index (χ3n) is 2.73. The highest BCUT2D eigenvalue weighted by Gasteiger charge is 2.24. The van der Waals surface area contributed by atoms with Crippen LogP contribution in [-0.4, -0.2) is 60.9 Å². The van der Waals surface area contributed by atoms with Crippen molar-refractivity contribution in [3.63, 3.8) is 0 Å². The zero-order chi connectivity index (χ0) is 13.7. The largest absolute Gasteiger partial charge is 0.379 e. The predicted octanol–water partition coefficient (Wildman–Crippen LogP) is -0.600. The van der Waals surface area contributed by atoms with E-state index in [-0.39, 0.29) is 18.1 Å². The molecular weight excluding hydrogens is 272 g/mol. The van der Waals surface area contributed by atoms with Gasteiger partial charge in [0, 0.05) is 25.6 Å². The van der Waals surface area contributed by atoms with E-state index in [4.69, 9.17) is 4.74 Å². The summed E-state index contributed by atoms with van der Waals surface area (Å²) >= 11 is 0. The quantitative estimate of drug-likeness (QED) is 0.753. The van der Waals surface area contributed by atoms with Gasteiger partial charge in [-0.15, -0.1) is 0 Å². The Labute approximate surface area is 111 Å².